The van der Waals surface area contributed by atoms with E-state index in [1.807, 2.05) is 30.4 Å². The minimum absolute atomic E-state index is 0.0703. The number of nitro groups is 1. The Morgan fingerprint density at radius 3 is 2.59 bits per heavy atom. The third kappa shape index (κ3) is 6.78. The Balaban J connectivity index is 1.58. The van der Waals surface area contributed by atoms with Crippen LogP contribution in [0.15, 0.2) is 28.9 Å². The second kappa shape index (κ2) is 11.0. The van der Waals surface area contributed by atoms with Crippen LogP contribution in [0.1, 0.15) is 36.8 Å². The maximum absolute atomic E-state index is 12.4. The third-order valence-electron chi connectivity index (χ3n) is 5.78. The summed E-state index contributed by atoms with van der Waals surface area (Å²) in [4.78, 5) is 30.2. The van der Waals surface area contributed by atoms with Gasteiger partial charge in [0.05, 0.1) is 4.92 Å². The SMILES string of the molecule is Cc1c(Br)cccc1CNc1ncc([N+](=O)[O-])c(NCC2CCC(NC(=O)C(F)(F)F)CC2)n1. The molecule has 1 heterocycles. The van der Waals surface area contributed by atoms with Crippen LogP contribution in [0, 0.1) is 23.0 Å². The van der Waals surface area contributed by atoms with E-state index in [0.717, 1.165) is 21.8 Å². The van der Waals surface area contributed by atoms with Crippen LogP contribution in [0.5, 0.6) is 0 Å². The zero-order valence-electron chi connectivity index (χ0n) is 18.3. The lowest BCUT2D eigenvalue weighted by atomic mass is 9.86. The Morgan fingerprint density at radius 2 is 1.94 bits per heavy atom. The molecule has 1 amide bonds. The third-order valence-corrected chi connectivity index (χ3v) is 6.64. The molecule has 13 heteroatoms. The summed E-state index contributed by atoms with van der Waals surface area (Å²) < 4.78 is 38.2. The molecule has 1 aliphatic rings. The van der Waals surface area contributed by atoms with Gasteiger partial charge < -0.3 is 16.0 Å². The normalized spacial score (nSPS) is 18.3. The van der Waals surface area contributed by atoms with Crippen LogP contribution in [-0.2, 0) is 11.3 Å². The van der Waals surface area contributed by atoms with Crippen LogP contribution in [0.4, 0.5) is 30.6 Å². The van der Waals surface area contributed by atoms with Crippen LogP contribution in [-0.4, -0.2) is 39.6 Å². The minimum Gasteiger partial charge on any atom is -0.364 e. The Morgan fingerprint density at radius 1 is 1.24 bits per heavy atom. The van der Waals surface area contributed by atoms with Gasteiger partial charge in [0.15, 0.2) is 0 Å². The molecule has 34 heavy (non-hydrogen) atoms. The van der Waals surface area contributed by atoms with Gasteiger partial charge in [0.2, 0.25) is 11.8 Å². The van der Waals surface area contributed by atoms with Crippen molar-refractivity contribution < 1.29 is 22.9 Å². The number of hydrogen-bond donors (Lipinski definition) is 3. The second-order valence-corrected chi connectivity index (χ2v) is 8.99. The van der Waals surface area contributed by atoms with E-state index in [4.69, 9.17) is 0 Å². The van der Waals surface area contributed by atoms with Gasteiger partial charge in [-0.1, -0.05) is 28.1 Å². The molecule has 1 aliphatic carbocycles. The molecule has 0 aliphatic heterocycles. The molecule has 2 aromatic rings. The maximum Gasteiger partial charge on any atom is 0.471 e. The van der Waals surface area contributed by atoms with Crippen molar-refractivity contribution >= 4 is 39.3 Å². The minimum atomic E-state index is -4.90. The monoisotopic (exact) mass is 544 g/mol. The van der Waals surface area contributed by atoms with Crippen molar-refractivity contribution in [1.82, 2.24) is 15.3 Å². The summed E-state index contributed by atoms with van der Waals surface area (Å²) in [6, 6.07) is 5.25. The van der Waals surface area contributed by atoms with Crippen LogP contribution in [0.25, 0.3) is 0 Å². The molecule has 3 rings (SSSR count). The van der Waals surface area contributed by atoms with E-state index in [-0.39, 0.29) is 23.4 Å². The Labute approximate surface area is 202 Å². The number of nitrogens with zero attached hydrogens (tertiary/aromatic N) is 3. The maximum atomic E-state index is 12.4. The van der Waals surface area contributed by atoms with E-state index in [9.17, 15) is 28.1 Å². The molecule has 0 unspecified atom stereocenters. The van der Waals surface area contributed by atoms with Gasteiger partial charge in [0.25, 0.3) is 0 Å². The zero-order valence-corrected chi connectivity index (χ0v) is 19.9. The van der Waals surface area contributed by atoms with E-state index in [1.54, 1.807) is 0 Å². The number of anilines is 2. The highest BCUT2D eigenvalue weighted by Gasteiger charge is 2.40. The number of hydrogen-bond acceptors (Lipinski definition) is 7. The molecule has 1 fully saturated rings. The molecule has 0 saturated heterocycles. The summed E-state index contributed by atoms with van der Waals surface area (Å²) in [5.74, 6) is -1.55. The van der Waals surface area contributed by atoms with Crippen molar-refractivity contribution in [3.05, 3.63) is 50.1 Å². The number of rotatable bonds is 8. The van der Waals surface area contributed by atoms with Crippen LogP contribution in [0.2, 0.25) is 0 Å². The topological polar surface area (TPSA) is 122 Å². The Kier molecular flexibility index (Phi) is 8.28. The van der Waals surface area contributed by atoms with Crippen molar-refractivity contribution in [3.63, 3.8) is 0 Å². The van der Waals surface area contributed by atoms with E-state index >= 15 is 0 Å². The summed E-state index contributed by atoms with van der Waals surface area (Å²) in [6.07, 6.45) is -1.82. The van der Waals surface area contributed by atoms with Crippen molar-refractivity contribution in [1.29, 1.82) is 0 Å². The first-order chi connectivity index (χ1) is 16.0. The highest BCUT2D eigenvalue weighted by Crippen LogP contribution is 2.28. The summed E-state index contributed by atoms with van der Waals surface area (Å²) in [6.45, 7) is 2.76. The van der Waals surface area contributed by atoms with Crippen molar-refractivity contribution in [3.8, 4) is 0 Å². The summed E-state index contributed by atoms with van der Waals surface area (Å²) in [7, 11) is 0. The molecule has 0 radical (unpaired) electrons. The first-order valence-corrected chi connectivity index (χ1v) is 11.4. The number of amides is 1. The average molecular weight is 545 g/mol. The molecule has 1 aromatic carbocycles. The van der Waals surface area contributed by atoms with Crippen molar-refractivity contribution in [2.75, 3.05) is 17.2 Å². The molecule has 3 N–H and O–H groups in total. The summed E-state index contributed by atoms with van der Waals surface area (Å²) in [5, 5.41) is 19.5. The van der Waals surface area contributed by atoms with Gasteiger partial charge in [-0.2, -0.15) is 18.2 Å². The lowest BCUT2D eigenvalue weighted by Crippen LogP contribution is -2.44. The highest BCUT2D eigenvalue weighted by molar-refractivity contribution is 9.10. The van der Waals surface area contributed by atoms with Gasteiger partial charge in [-0.25, -0.2) is 4.98 Å². The van der Waals surface area contributed by atoms with Crippen LogP contribution in [0.3, 0.4) is 0 Å². The number of halogens is 4. The molecule has 0 spiro atoms. The number of aromatic nitrogens is 2. The van der Waals surface area contributed by atoms with Crippen LogP contribution < -0.4 is 16.0 Å². The fraction of sp³-hybridized carbons (Fsp3) is 0.476. The van der Waals surface area contributed by atoms with Crippen molar-refractivity contribution in [2.45, 2.75) is 51.4 Å². The smallest absolute Gasteiger partial charge is 0.364 e. The van der Waals surface area contributed by atoms with E-state index in [2.05, 4.69) is 36.5 Å². The highest BCUT2D eigenvalue weighted by atomic mass is 79.9. The second-order valence-electron chi connectivity index (χ2n) is 8.13. The summed E-state index contributed by atoms with van der Waals surface area (Å²) in [5.41, 5.74) is 1.80. The Bertz CT molecular complexity index is 1040. The zero-order chi connectivity index (χ0) is 24.9. The molecular weight excluding hydrogens is 521 g/mol. The number of nitrogens with one attached hydrogen (secondary N) is 3. The average Bonchev–Trinajstić information content (AvgIpc) is 2.79. The molecule has 9 nitrogen and oxygen atoms in total. The number of carbonyl (C=O) groups is 1. The molecule has 1 aromatic heterocycles. The largest absolute Gasteiger partial charge is 0.471 e. The van der Waals surface area contributed by atoms with E-state index in [1.165, 1.54) is 0 Å². The number of benzene rings is 1. The molecule has 0 bridgehead atoms. The molecule has 184 valence electrons. The van der Waals surface area contributed by atoms with Gasteiger partial charge in [-0.3, -0.25) is 14.9 Å². The van der Waals surface area contributed by atoms with Gasteiger partial charge in [0.1, 0.15) is 6.20 Å². The first-order valence-electron chi connectivity index (χ1n) is 10.7. The van der Waals surface area contributed by atoms with E-state index in [0.29, 0.717) is 38.8 Å². The van der Waals surface area contributed by atoms with Gasteiger partial charge in [-0.15, -0.1) is 0 Å². The standard InChI is InChI=1S/C21H24BrF3N6O3/c1-12-14(3-2-4-16(12)22)10-27-20-28-11-17(31(33)34)18(30-20)26-9-13-5-7-15(8-6-13)29-19(32)21(23,24)25/h2-4,11,13,15H,5-10H2,1H3,(H,29,32)(H2,26,27,28,30). The predicted molar refractivity (Wildman–Crippen MR) is 123 cm³/mol. The van der Waals surface area contributed by atoms with Gasteiger partial charge in [0, 0.05) is 23.6 Å². The summed E-state index contributed by atoms with van der Waals surface area (Å²) >= 11 is 3.48. The molecular formula is C21H24BrF3N6O3. The fourth-order valence-electron chi connectivity index (χ4n) is 3.76. The van der Waals surface area contributed by atoms with Gasteiger partial charge in [-0.05, 0) is 55.7 Å². The Hall–Kier alpha value is -2.96. The lowest BCUT2D eigenvalue weighted by Gasteiger charge is -2.29. The van der Waals surface area contributed by atoms with Crippen LogP contribution >= 0.6 is 15.9 Å². The van der Waals surface area contributed by atoms with Gasteiger partial charge >= 0.3 is 17.8 Å². The molecule has 1 saturated carbocycles. The van der Waals surface area contributed by atoms with Crippen molar-refractivity contribution in [2.24, 2.45) is 5.92 Å². The predicted octanol–water partition coefficient (Wildman–Crippen LogP) is 4.72. The fourth-order valence-corrected chi connectivity index (χ4v) is 4.17. The number of alkyl halides is 3. The molecule has 0 atom stereocenters. The first kappa shape index (κ1) is 25.7. The van der Waals surface area contributed by atoms with E-state index < -0.39 is 23.0 Å². The lowest BCUT2D eigenvalue weighted by molar-refractivity contribution is -0.384. The quantitative estimate of drug-likeness (QED) is 0.324. The number of carbonyl (C=O) groups excluding carboxylic acids is 1.